The molecule has 0 saturated carbocycles. The lowest BCUT2D eigenvalue weighted by Crippen LogP contribution is -2.38. The second kappa shape index (κ2) is 5.03. The van der Waals surface area contributed by atoms with E-state index in [4.69, 9.17) is 12.6 Å². The highest BCUT2D eigenvalue weighted by atomic mass is 32.1. The van der Waals surface area contributed by atoms with Crippen LogP contribution in [0.2, 0.25) is 0 Å². The first-order valence-corrected chi connectivity index (χ1v) is 4.51. The summed E-state index contributed by atoms with van der Waals surface area (Å²) in [5.74, 6) is 0.844. The maximum atomic E-state index is 4.93. The molecule has 10 heavy (non-hydrogen) atoms. The summed E-state index contributed by atoms with van der Waals surface area (Å²) in [7, 11) is 0. The van der Waals surface area contributed by atoms with Gasteiger partial charge in [-0.3, -0.25) is 0 Å². The maximum Gasteiger partial charge on any atom is 0.00405 e. The molecule has 1 nitrogen and oxygen atoms in total. The summed E-state index contributed by atoms with van der Waals surface area (Å²) < 4.78 is 0. The highest BCUT2D eigenvalue weighted by Crippen LogP contribution is 2.02. The summed E-state index contributed by atoms with van der Waals surface area (Å²) in [6, 6.07) is 1.26. The van der Waals surface area contributed by atoms with Crippen molar-refractivity contribution < 1.29 is 0 Å². The van der Waals surface area contributed by atoms with E-state index < -0.39 is 0 Å². The zero-order valence-electron chi connectivity index (χ0n) is 7.42. The Kier molecular flexibility index (Phi) is 5.18. The lowest BCUT2D eigenvalue weighted by Gasteiger charge is -2.31. The van der Waals surface area contributed by atoms with Crippen molar-refractivity contribution in [3.63, 3.8) is 0 Å². The van der Waals surface area contributed by atoms with E-state index in [0.29, 0.717) is 12.1 Å². The summed E-state index contributed by atoms with van der Waals surface area (Å²) in [5.41, 5.74) is 0. The lowest BCUT2D eigenvalue weighted by molar-refractivity contribution is 0.187. The van der Waals surface area contributed by atoms with Crippen molar-refractivity contribution in [3.8, 4) is 0 Å². The Morgan fingerprint density at radius 1 is 1.10 bits per heavy atom. The summed E-state index contributed by atoms with van der Waals surface area (Å²) >= 11 is 4.93. The minimum absolute atomic E-state index is 0.628. The average Bonchev–Trinajstić information content (AvgIpc) is 1.81. The first-order chi connectivity index (χ1) is 4.59. The Morgan fingerprint density at radius 2 is 1.50 bits per heavy atom. The van der Waals surface area contributed by atoms with E-state index in [1.165, 1.54) is 0 Å². The Bertz CT molecular complexity index is 73.3. The van der Waals surface area contributed by atoms with E-state index >= 15 is 0 Å². The second-order valence-electron chi connectivity index (χ2n) is 3.13. The van der Waals surface area contributed by atoms with Crippen molar-refractivity contribution in [3.05, 3.63) is 0 Å². The third-order valence-electron chi connectivity index (χ3n) is 1.68. The molecule has 0 rings (SSSR count). The molecule has 0 unspecified atom stereocenters. The summed E-state index contributed by atoms with van der Waals surface area (Å²) in [6.07, 6.45) is 0. The average molecular weight is 160 g/mol. The standard InChI is InChI=1S/C8H19NS/c1-7(2)9(5-6-10)8(3)4/h7-8,10H,5-6H2,1-4H3/p-1. The van der Waals surface area contributed by atoms with Gasteiger partial charge in [-0.2, -0.15) is 5.75 Å². The molecule has 0 aliphatic rings. The molecule has 0 spiro atoms. The van der Waals surface area contributed by atoms with Crippen molar-refractivity contribution in [2.45, 2.75) is 39.8 Å². The Hall–Kier alpha value is 0.310. The van der Waals surface area contributed by atoms with Crippen LogP contribution in [0.25, 0.3) is 0 Å². The van der Waals surface area contributed by atoms with Gasteiger partial charge in [0, 0.05) is 12.1 Å². The van der Waals surface area contributed by atoms with Gasteiger partial charge in [-0.25, -0.2) is 0 Å². The van der Waals surface area contributed by atoms with Gasteiger partial charge in [-0.15, -0.1) is 0 Å². The third kappa shape index (κ3) is 3.47. The predicted octanol–water partition coefficient (Wildman–Crippen LogP) is 1.65. The Morgan fingerprint density at radius 3 is 1.60 bits per heavy atom. The first-order valence-electron chi connectivity index (χ1n) is 3.93. The van der Waals surface area contributed by atoms with Crippen molar-refractivity contribution in [1.82, 2.24) is 4.90 Å². The highest BCUT2D eigenvalue weighted by molar-refractivity contribution is 7.58. The molecular weight excluding hydrogens is 142 g/mol. The van der Waals surface area contributed by atoms with Gasteiger partial charge in [0.1, 0.15) is 0 Å². The monoisotopic (exact) mass is 160 g/mol. The van der Waals surface area contributed by atoms with Crippen molar-refractivity contribution in [1.29, 1.82) is 0 Å². The van der Waals surface area contributed by atoms with Gasteiger partial charge in [-0.1, -0.05) is 0 Å². The molecule has 2 heteroatoms. The first kappa shape index (κ1) is 10.3. The van der Waals surface area contributed by atoms with Gasteiger partial charge in [-0.05, 0) is 34.2 Å². The number of rotatable bonds is 4. The van der Waals surface area contributed by atoms with E-state index in [-0.39, 0.29) is 0 Å². The van der Waals surface area contributed by atoms with E-state index in [1.54, 1.807) is 0 Å². The lowest BCUT2D eigenvalue weighted by atomic mass is 10.2. The van der Waals surface area contributed by atoms with Crippen LogP contribution in [0.1, 0.15) is 27.7 Å². The SMILES string of the molecule is CC(C)N(CC[S-])C(C)C. The van der Waals surface area contributed by atoms with Gasteiger partial charge >= 0.3 is 0 Å². The van der Waals surface area contributed by atoms with Crippen LogP contribution in [-0.4, -0.2) is 29.3 Å². The molecule has 0 aromatic carbocycles. The topological polar surface area (TPSA) is 3.24 Å². The summed E-state index contributed by atoms with van der Waals surface area (Å²) in [4.78, 5) is 2.41. The van der Waals surface area contributed by atoms with Gasteiger partial charge < -0.3 is 17.5 Å². The van der Waals surface area contributed by atoms with Gasteiger partial charge in [0.05, 0.1) is 0 Å². The van der Waals surface area contributed by atoms with Gasteiger partial charge in [0.25, 0.3) is 0 Å². The molecule has 0 aliphatic heterocycles. The van der Waals surface area contributed by atoms with Crippen molar-refractivity contribution in [2.24, 2.45) is 0 Å². The molecule has 0 aromatic heterocycles. The van der Waals surface area contributed by atoms with Crippen LogP contribution in [0, 0.1) is 0 Å². The molecule has 0 saturated heterocycles. The molecule has 0 aliphatic carbocycles. The Balaban J connectivity index is 3.73. The number of hydrogen-bond donors (Lipinski definition) is 0. The van der Waals surface area contributed by atoms with E-state index in [9.17, 15) is 0 Å². The molecule has 0 amide bonds. The minimum atomic E-state index is 0.628. The molecule has 0 N–H and O–H groups in total. The summed E-state index contributed by atoms with van der Waals surface area (Å²) in [6.45, 7) is 9.90. The van der Waals surface area contributed by atoms with E-state index in [2.05, 4.69) is 32.6 Å². The van der Waals surface area contributed by atoms with Crippen LogP contribution < -0.4 is 0 Å². The van der Waals surface area contributed by atoms with Crippen LogP contribution in [0.15, 0.2) is 0 Å². The fourth-order valence-corrected chi connectivity index (χ4v) is 1.43. The Labute approximate surface area is 70.2 Å². The third-order valence-corrected chi connectivity index (χ3v) is 1.86. The molecule has 62 valence electrons. The zero-order chi connectivity index (χ0) is 8.15. The van der Waals surface area contributed by atoms with Crippen molar-refractivity contribution in [2.75, 3.05) is 12.3 Å². The van der Waals surface area contributed by atoms with Crippen LogP contribution >= 0.6 is 0 Å². The quantitative estimate of drug-likeness (QED) is 0.575. The smallest absolute Gasteiger partial charge is 0.00405 e. The fraction of sp³-hybridized carbons (Fsp3) is 1.00. The second-order valence-corrected chi connectivity index (χ2v) is 3.54. The molecule has 0 fully saturated rings. The minimum Gasteiger partial charge on any atom is -0.791 e. The molecule has 0 radical (unpaired) electrons. The van der Waals surface area contributed by atoms with Crippen LogP contribution in [0.3, 0.4) is 0 Å². The van der Waals surface area contributed by atoms with Crippen molar-refractivity contribution >= 4 is 12.6 Å². The van der Waals surface area contributed by atoms with Gasteiger partial charge in [0.2, 0.25) is 0 Å². The maximum absolute atomic E-state index is 4.93. The molecule has 0 heterocycles. The summed E-state index contributed by atoms with van der Waals surface area (Å²) in [5, 5.41) is 0. The van der Waals surface area contributed by atoms with E-state index in [0.717, 1.165) is 12.3 Å². The van der Waals surface area contributed by atoms with Crippen LogP contribution in [0.4, 0.5) is 0 Å². The van der Waals surface area contributed by atoms with E-state index in [1.807, 2.05) is 0 Å². The normalized spacial score (nSPS) is 12.0. The van der Waals surface area contributed by atoms with Crippen LogP contribution in [-0.2, 0) is 12.6 Å². The molecular formula is C8H18NS-. The number of nitrogens with zero attached hydrogens (tertiary/aromatic N) is 1. The largest absolute Gasteiger partial charge is 0.791 e. The number of hydrogen-bond acceptors (Lipinski definition) is 2. The highest BCUT2D eigenvalue weighted by Gasteiger charge is 2.09. The van der Waals surface area contributed by atoms with Crippen LogP contribution in [0.5, 0.6) is 0 Å². The zero-order valence-corrected chi connectivity index (χ0v) is 8.24. The molecule has 0 aromatic rings. The van der Waals surface area contributed by atoms with Gasteiger partial charge in [0.15, 0.2) is 0 Å². The fourth-order valence-electron chi connectivity index (χ4n) is 1.22. The predicted molar refractivity (Wildman–Crippen MR) is 49.2 cm³/mol. The molecule has 0 atom stereocenters. The molecule has 0 bridgehead atoms.